The van der Waals surface area contributed by atoms with Crippen LogP contribution in [-0.2, 0) is 9.53 Å². The summed E-state index contributed by atoms with van der Waals surface area (Å²) in [4.78, 5) is 12.2. The number of ether oxygens (including phenoxy) is 1. The van der Waals surface area contributed by atoms with Crippen molar-refractivity contribution in [1.82, 2.24) is 10.6 Å². The lowest BCUT2D eigenvalue weighted by Gasteiger charge is -2.31. The average Bonchev–Trinajstić information content (AvgIpc) is 2.46. The van der Waals surface area contributed by atoms with Crippen molar-refractivity contribution in [3.05, 3.63) is 46.1 Å². The number of nitrogens with one attached hydrogen (secondary N) is 2. The van der Waals surface area contributed by atoms with Crippen LogP contribution < -0.4 is 10.6 Å². The molecule has 2 N–H and O–H groups in total. The first kappa shape index (κ1) is 15.8. The van der Waals surface area contributed by atoms with E-state index in [0.717, 1.165) is 24.1 Å². The maximum atomic E-state index is 12.2. The van der Waals surface area contributed by atoms with Gasteiger partial charge in [-0.15, -0.1) is 0 Å². The normalized spacial score (nSPS) is 18.0. The van der Waals surface area contributed by atoms with Gasteiger partial charge >= 0.3 is 5.97 Å². The molecule has 112 valence electrons. The van der Waals surface area contributed by atoms with Gasteiger partial charge in [0.25, 0.3) is 0 Å². The van der Waals surface area contributed by atoms with Gasteiger partial charge in [-0.25, -0.2) is 4.79 Å². The molecule has 0 radical (unpaired) electrons. The van der Waals surface area contributed by atoms with Crippen LogP contribution in [0.3, 0.4) is 0 Å². The molecule has 0 aromatic heterocycles. The van der Waals surface area contributed by atoms with Crippen LogP contribution >= 0.6 is 23.8 Å². The third-order valence-corrected chi connectivity index (χ3v) is 3.70. The van der Waals surface area contributed by atoms with Gasteiger partial charge < -0.3 is 15.4 Å². The molecule has 1 unspecified atom stereocenters. The quantitative estimate of drug-likeness (QED) is 0.658. The van der Waals surface area contributed by atoms with Gasteiger partial charge in [0.1, 0.15) is 0 Å². The highest BCUT2D eigenvalue weighted by Gasteiger charge is 2.31. The van der Waals surface area contributed by atoms with Crippen molar-refractivity contribution in [3.63, 3.8) is 0 Å². The number of esters is 1. The van der Waals surface area contributed by atoms with E-state index < -0.39 is 0 Å². The van der Waals surface area contributed by atoms with Crippen LogP contribution in [0.4, 0.5) is 0 Å². The van der Waals surface area contributed by atoms with E-state index in [4.69, 9.17) is 28.6 Å². The topological polar surface area (TPSA) is 50.4 Å². The summed E-state index contributed by atoms with van der Waals surface area (Å²) >= 11 is 11.3. The Hall–Kier alpha value is -1.59. The van der Waals surface area contributed by atoms with E-state index in [2.05, 4.69) is 10.6 Å². The lowest BCUT2D eigenvalue weighted by molar-refractivity contribution is -0.136. The van der Waals surface area contributed by atoms with Crippen molar-refractivity contribution in [1.29, 1.82) is 0 Å². The minimum atomic E-state index is -0.370. The molecule has 0 saturated heterocycles. The fourth-order valence-corrected chi connectivity index (χ4v) is 2.79. The summed E-state index contributed by atoms with van der Waals surface area (Å²) in [5, 5.41) is 7.29. The summed E-state index contributed by atoms with van der Waals surface area (Å²) in [6, 6.07) is 7.01. The second-order valence-electron chi connectivity index (χ2n) is 4.72. The molecule has 1 aromatic carbocycles. The predicted octanol–water partition coefficient (Wildman–Crippen LogP) is 3.09. The Morgan fingerprint density at radius 1 is 1.48 bits per heavy atom. The lowest BCUT2D eigenvalue weighted by atomic mass is 9.94. The number of halogens is 1. The minimum Gasteiger partial charge on any atom is -0.466 e. The Morgan fingerprint density at radius 3 is 2.86 bits per heavy atom. The number of carbonyl (C=O) groups is 1. The Bertz CT molecular complexity index is 601. The molecule has 1 heterocycles. The summed E-state index contributed by atoms with van der Waals surface area (Å²) in [6.07, 6.45) is 1.62. The molecule has 0 bridgehead atoms. The molecule has 1 aliphatic rings. The molecule has 0 saturated carbocycles. The Labute approximate surface area is 134 Å². The van der Waals surface area contributed by atoms with Crippen LogP contribution in [0.5, 0.6) is 0 Å². The van der Waals surface area contributed by atoms with Crippen molar-refractivity contribution in [2.75, 3.05) is 7.11 Å². The summed E-state index contributed by atoms with van der Waals surface area (Å²) in [5.74, 6) is -0.370. The highest BCUT2D eigenvalue weighted by Crippen LogP contribution is 2.30. The first-order valence-corrected chi connectivity index (χ1v) is 7.49. The molecule has 1 atom stereocenters. The van der Waals surface area contributed by atoms with Crippen LogP contribution in [0.2, 0.25) is 5.02 Å². The molecule has 1 aliphatic heterocycles. The Balaban J connectivity index is 2.52. The zero-order valence-corrected chi connectivity index (χ0v) is 13.5. The molecular weight excluding hydrogens is 308 g/mol. The molecule has 0 amide bonds. The van der Waals surface area contributed by atoms with E-state index in [9.17, 15) is 4.79 Å². The fraction of sp³-hybridized carbons (Fsp3) is 0.333. The lowest BCUT2D eigenvalue weighted by Crippen LogP contribution is -2.45. The SMILES string of the molecule is CCCC1=C(C(=O)OC)C(c2cccc(Cl)c2)NC(=S)N1. The highest BCUT2D eigenvalue weighted by molar-refractivity contribution is 7.80. The molecule has 4 nitrogen and oxygen atoms in total. The third kappa shape index (κ3) is 3.54. The van der Waals surface area contributed by atoms with Crippen molar-refractivity contribution < 1.29 is 9.53 Å². The van der Waals surface area contributed by atoms with Crippen molar-refractivity contribution in [2.24, 2.45) is 0 Å². The summed E-state index contributed by atoms with van der Waals surface area (Å²) in [6.45, 7) is 2.04. The standard InChI is InChI=1S/C15H17ClN2O2S/c1-3-5-11-12(14(19)20-2)13(18-15(21)17-11)9-6-4-7-10(16)8-9/h4,6-8,13H,3,5H2,1-2H3,(H2,17,18,21). The van der Waals surface area contributed by atoms with Crippen molar-refractivity contribution in [2.45, 2.75) is 25.8 Å². The first-order chi connectivity index (χ1) is 10.1. The van der Waals surface area contributed by atoms with Gasteiger partial charge in [0.05, 0.1) is 18.7 Å². The minimum absolute atomic E-state index is 0.355. The number of methoxy groups -OCH3 is 1. The summed E-state index contributed by atoms with van der Waals surface area (Å²) < 4.78 is 4.93. The maximum absolute atomic E-state index is 12.2. The van der Waals surface area contributed by atoms with Crippen LogP contribution in [0.25, 0.3) is 0 Å². The van der Waals surface area contributed by atoms with Gasteiger partial charge in [0.15, 0.2) is 5.11 Å². The predicted molar refractivity (Wildman–Crippen MR) is 87.0 cm³/mol. The van der Waals surface area contributed by atoms with Crippen molar-refractivity contribution in [3.8, 4) is 0 Å². The second-order valence-corrected chi connectivity index (χ2v) is 5.56. The zero-order valence-electron chi connectivity index (χ0n) is 11.9. The van der Waals surface area contributed by atoms with Gasteiger partial charge in [0.2, 0.25) is 0 Å². The maximum Gasteiger partial charge on any atom is 0.337 e. The summed E-state index contributed by atoms with van der Waals surface area (Å²) in [5.41, 5.74) is 2.23. The first-order valence-electron chi connectivity index (χ1n) is 6.71. The molecule has 2 rings (SSSR count). The molecule has 0 aliphatic carbocycles. The number of hydrogen-bond acceptors (Lipinski definition) is 3. The van der Waals surface area contributed by atoms with E-state index in [-0.39, 0.29) is 12.0 Å². The van der Waals surface area contributed by atoms with E-state index in [1.54, 1.807) is 6.07 Å². The van der Waals surface area contributed by atoms with Gasteiger partial charge in [0, 0.05) is 10.7 Å². The highest BCUT2D eigenvalue weighted by atomic mass is 35.5. The molecular formula is C15H17ClN2O2S. The fourth-order valence-electron chi connectivity index (χ4n) is 2.35. The zero-order chi connectivity index (χ0) is 15.4. The second kappa shape index (κ2) is 6.91. The Kier molecular flexibility index (Phi) is 5.20. The van der Waals surface area contributed by atoms with Crippen LogP contribution in [-0.4, -0.2) is 18.2 Å². The number of rotatable bonds is 4. The van der Waals surface area contributed by atoms with E-state index in [1.165, 1.54) is 7.11 Å². The largest absolute Gasteiger partial charge is 0.466 e. The number of carbonyl (C=O) groups excluding carboxylic acids is 1. The van der Waals surface area contributed by atoms with E-state index in [1.807, 2.05) is 25.1 Å². The van der Waals surface area contributed by atoms with E-state index >= 15 is 0 Å². The number of benzene rings is 1. The molecule has 1 aromatic rings. The average molecular weight is 325 g/mol. The third-order valence-electron chi connectivity index (χ3n) is 3.24. The molecule has 21 heavy (non-hydrogen) atoms. The molecule has 6 heteroatoms. The molecule has 0 fully saturated rings. The number of hydrogen-bond donors (Lipinski definition) is 2. The smallest absolute Gasteiger partial charge is 0.337 e. The monoisotopic (exact) mass is 324 g/mol. The van der Waals surface area contributed by atoms with Gasteiger partial charge in [-0.2, -0.15) is 0 Å². The van der Waals surface area contributed by atoms with Crippen molar-refractivity contribution >= 4 is 34.9 Å². The number of thiocarbonyl (C=S) groups is 1. The van der Waals surface area contributed by atoms with Gasteiger partial charge in [-0.3, -0.25) is 0 Å². The van der Waals surface area contributed by atoms with Crippen LogP contribution in [0, 0.1) is 0 Å². The Morgan fingerprint density at radius 2 is 2.24 bits per heavy atom. The summed E-state index contributed by atoms with van der Waals surface area (Å²) in [7, 11) is 1.38. The van der Waals surface area contributed by atoms with Crippen LogP contribution in [0.15, 0.2) is 35.5 Å². The van der Waals surface area contributed by atoms with Gasteiger partial charge in [-0.05, 0) is 36.3 Å². The number of allylic oxidation sites excluding steroid dienone is 1. The molecule has 0 spiro atoms. The van der Waals surface area contributed by atoms with Gasteiger partial charge in [-0.1, -0.05) is 37.1 Å². The van der Waals surface area contributed by atoms with Crippen LogP contribution in [0.1, 0.15) is 31.4 Å². The van der Waals surface area contributed by atoms with E-state index in [0.29, 0.717) is 15.7 Å².